The quantitative estimate of drug-likeness (QED) is 0.460. The molecule has 1 aromatic rings. The first-order chi connectivity index (χ1) is 5.24. The average Bonchev–Trinajstić information content (AvgIpc) is 2.03. The first-order valence-corrected chi connectivity index (χ1v) is 4.01. The van der Waals surface area contributed by atoms with Crippen LogP contribution < -0.4 is 5.73 Å². The van der Waals surface area contributed by atoms with Crippen LogP contribution in [0.1, 0.15) is 11.7 Å². The lowest BCUT2D eigenvalue weighted by molar-refractivity contribution is 0.204. The third-order valence-corrected chi connectivity index (χ3v) is 1.81. The number of rotatable bonds is 2. The van der Waals surface area contributed by atoms with Gasteiger partial charge in [-0.2, -0.15) is 12.6 Å². The maximum Gasteiger partial charge on any atom is 0.0878 e. The Morgan fingerprint density at radius 2 is 2.27 bits per heavy atom. The molecule has 0 aromatic heterocycles. The van der Waals surface area contributed by atoms with Gasteiger partial charge in [0.2, 0.25) is 0 Å². The van der Waals surface area contributed by atoms with Crippen LogP contribution >= 0.6 is 12.6 Å². The summed E-state index contributed by atoms with van der Waals surface area (Å²) in [4.78, 5) is 0. The second kappa shape index (κ2) is 3.64. The molecule has 0 aliphatic heterocycles. The van der Waals surface area contributed by atoms with E-state index in [1.807, 2.05) is 12.1 Å². The molecule has 3 heteroatoms. The molecule has 60 valence electrons. The van der Waals surface area contributed by atoms with Crippen molar-refractivity contribution >= 4 is 18.3 Å². The van der Waals surface area contributed by atoms with Crippen molar-refractivity contribution in [2.75, 3.05) is 11.5 Å². The third kappa shape index (κ3) is 2.13. The molecule has 0 aliphatic rings. The number of hydrogen-bond donors (Lipinski definition) is 3. The molecule has 1 rings (SSSR count). The predicted molar refractivity (Wildman–Crippen MR) is 49.7 cm³/mol. The number of nitrogens with two attached hydrogens (primary N) is 1. The van der Waals surface area contributed by atoms with Gasteiger partial charge < -0.3 is 10.8 Å². The minimum Gasteiger partial charge on any atom is -0.399 e. The van der Waals surface area contributed by atoms with Crippen LogP contribution in [0.5, 0.6) is 0 Å². The highest BCUT2D eigenvalue weighted by atomic mass is 32.1. The second-order valence-corrected chi connectivity index (χ2v) is 2.73. The van der Waals surface area contributed by atoms with Crippen LogP contribution in [-0.4, -0.2) is 10.9 Å². The number of thiol groups is 1. The van der Waals surface area contributed by atoms with Crippen LogP contribution in [-0.2, 0) is 0 Å². The standard InChI is InChI=1S/C8H11NOS/c9-7-3-1-2-6(4-7)8(10)5-11/h1-4,8,10-11H,5,9H2. The number of nitrogen functional groups attached to an aromatic ring is 1. The van der Waals surface area contributed by atoms with E-state index < -0.39 is 6.10 Å². The highest BCUT2D eigenvalue weighted by Gasteiger charge is 2.03. The Morgan fingerprint density at radius 1 is 1.55 bits per heavy atom. The van der Waals surface area contributed by atoms with Crippen LogP contribution in [0.2, 0.25) is 0 Å². The molecule has 0 amide bonds. The van der Waals surface area contributed by atoms with Crippen molar-refractivity contribution in [2.45, 2.75) is 6.10 Å². The summed E-state index contributed by atoms with van der Waals surface area (Å²) in [6.07, 6.45) is -0.512. The van der Waals surface area contributed by atoms with Crippen molar-refractivity contribution in [1.82, 2.24) is 0 Å². The summed E-state index contributed by atoms with van der Waals surface area (Å²) >= 11 is 3.97. The van der Waals surface area contributed by atoms with Gasteiger partial charge in [-0.25, -0.2) is 0 Å². The Hall–Kier alpha value is -0.670. The number of hydrogen-bond acceptors (Lipinski definition) is 3. The first kappa shape index (κ1) is 8.43. The van der Waals surface area contributed by atoms with Crippen LogP contribution in [0, 0.1) is 0 Å². The number of aliphatic hydroxyl groups excluding tert-OH is 1. The summed E-state index contributed by atoms with van der Waals surface area (Å²) in [6, 6.07) is 7.18. The van der Waals surface area contributed by atoms with E-state index in [0.29, 0.717) is 11.4 Å². The first-order valence-electron chi connectivity index (χ1n) is 3.38. The molecule has 11 heavy (non-hydrogen) atoms. The Labute approximate surface area is 71.5 Å². The van der Waals surface area contributed by atoms with Crippen LogP contribution in [0.4, 0.5) is 5.69 Å². The van der Waals surface area contributed by atoms with Gasteiger partial charge in [-0.15, -0.1) is 0 Å². The highest BCUT2D eigenvalue weighted by molar-refractivity contribution is 7.80. The van der Waals surface area contributed by atoms with Gasteiger partial charge in [0.15, 0.2) is 0 Å². The topological polar surface area (TPSA) is 46.2 Å². The van der Waals surface area contributed by atoms with E-state index in [9.17, 15) is 5.11 Å². The number of aliphatic hydroxyl groups is 1. The van der Waals surface area contributed by atoms with Gasteiger partial charge in [0.1, 0.15) is 0 Å². The maximum absolute atomic E-state index is 9.32. The third-order valence-electron chi connectivity index (χ3n) is 1.47. The van der Waals surface area contributed by atoms with Gasteiger partial charge >= 0.3 is 0 Å². The van der Waals surface area contributed by atoms with Gasteiger partial charge in [-0.05, 0) is 17.7 Å². The van der Waals surface area contributed by atoms with Crippen molar-refractivity contribution in [3.05, 3.63) is 29.8 Å². The van der Waals surface area contributed by atoms with Crippen LogP contribution in [0.3, 0.4) is 0 Å². The molecule has 1 aromatic carbocycles. The number of anilines is 1. The highest BCUT2D eigenvalue weighted by Crippen LogP contribution is 2.16. The molecule has 1 unspecified atom stereocenters. The molecule has 0 fully saturated rings. The van der Waals surface area contributed by atoms with E-state index in [1.165, 1.54) is 0 Å². The van der Waals surface area contributed by atoms with Gasteiger partial charge in [-0.3, -0.25) is 0 Å². The maximum atomic E-state index is 9.32. The van der Waals surface area contributed by atoms with Gasteiger partial charge in [0, 0.05) is 11.4 Å². The van der Waals surface area contributed by atoms with Gasteiger partial charge in [0.25, 0.3) is 0 Å². The molecule has 0 aliphatic carbocycles. The minimum atomic E-state index is -0.512. The molecule has 3 N–H and O–H groups in total. The predicted octanol–water partition coefficient (Wildman–Crippen LogP) is 1.23. The lowest BCUT2D eigenvalue weighted by Gasteiger charge is -2.07. The van der Waals surface area contributed by atoms with E-state index in [2.05, 4.69) is 12.6 Å². The van der Waals surface area contributed by atoms with Gasteiger partial charge in [0.05, 0.1) is 6.10 Å². The van der Waals surface area contributed by atoms with Crippen molar-refractivity contribution in [2.24, 2.45) is 0 Å². The van der Waals surface area contributed by atoms with E-state index in [4.69, 9.17) is 5.73 Å². The number of benzene rings is 1. The fourth-order valence-corrected chi connectivity index (χ4v) is 1.08. The average molecular weight is 169 g/mol. The molecule has 0 radical (unpaired) electrons. The lowest BCUT2D eigenvalue weighted by atomic mass is 10.1. The minimum absolute atomic E-state index is 0.420. The van der Waals surface area contributed by atoms with Crippen LogP contribution in [0.25, 0.3) is 0 Å². The normalized spacial score (nSPS) is 12.9. The summed E-state index contributed by atoms with van der Waals surface area (Å²) in [5, 5.41) is 9.32. The second-order valence-electron chi connectivity index (χ2n) is 2.37. The summed E-state index contributed by atoms with van der Waals surface area (Å²) in [5.41, 5.74) is 7.00. The van der Waals surface area contributed by atoms with E-state index in [-0.39, 0.29) is 0 Å². The Kier molecular flexibility index (Phi) is 2.79. The Morgan fingerprint density at radius 3 is 2.82 bits per heavy atom. The summed E-state index contributed by atoms with van der Waals surface area (Å²) in [6.45, 7) is 0. The summed E-state index contributed by atoms with van der Waals surface area (Å²) in [5.74, 6) is 0.420. The SMILES string of the molecule is Nc1cccc(C(O)CS)c1. The van der Waals surface area contributed by atoms with Gasteiger partial charge in [-0.1, -0.05) is 12.1 Å². The van der Waals surface area contributed by atoms with Crippen molar-refractivity contribution in [3.63, 3.8) is 0 Å². The Bertz CT molecular complexity index is 239. The zero-order valence-corrected chi connectivity index (χ0v) is 6.96. The molecule has 0 saturated carbocycles. The zero-order valence-electron chi connectivity index (χ0n) is 6.07. The lowest BCUT2D eigenvalue weighted by Crippen LogP contribution is -1.99. The molecule has 0 heterocycles. The molecule has 0 spiro atoms. The molecule has 2 nitrogen and oxygen atoms in total. The summed E-state index contributed by atoms with van der Waals surface area (Å²) in [7, 11) is 0. The largest absolute Gasteiger partial charge is 0.399 e. The van der Waals surface area contributed by atoms with E-state index in [0.717, 1.165) is 5.56 Å². The van der Waals surface area contributed by atoms with Crippen molar-refractivity contribution in [3.8, 4) is 0 Å². The van der Waals surface area contributed by atoms with Crippen molar-refractivity contribution in [1.29, 1.82) is 0 Å². The van der Waals surface area contributed by atoms with E-state index >= 15 is 0 Å². The van der Waals surface area contributed by atoms with Crippen LogP contribution in [0.15, 0.2) is 24.3 Å². The fourth-order valence-electron chi connectivity index (χ4n) is 0.872. The molecular formula is C8H11NOS. The molecule has 0 bridgehead atoms. The monoisotopic (exact) mass is 169 g/mol. The summed E-state index contributed by atoms with van der Waals surface area (Å²) < 4.78 is 0. The molecule has 1 atom stereocenters. The smallest absolute Gasteiger partial charge is 0.0878 e. The zero-order chi connectivity index (χ0) is 8.27. The molecule has 0 saturated heterocycles. The Balaban J connectivity index is 2.86. The fraction of sp³-hybridized carbons (Fsp3) is 0.250. The van der Waals surface area contributed by atoms with Crippen molar-refractivity contribution < 1.29 is 5.11 Å². The molecular weight excluding hydrogens is 158 g/mol. The van der Waals surface area contributed by atoms with E-state index in [1.54, 1.807) is 12.1 Å².